The molecule has 0 bridgehead atoms. The predicted molar refractivity (Wildman–Crippen MR) is 83.5 cm³/mol. The van der Waals surface area contributed by atoms with Gasteiger partial charge < -0.3 is 20.9 Å². The molecule has 0 aliphatic rings. The highest BCUT2D eigenvalue weighted by Gasteiger charge is 2.09. The van der Waals surface area contributed by atoms with Gasteiger partial charge >= 0.3 is 0 Å². The molecule has 1 aromatic heterocycles. The zero-order valence-electron chi connectivity index (χ0n) is 12.2. The van der Waals surface area contributed by atoms with E-state index >= 15 is 0 Å². The van der Waals surface area contributed by atoms with Crippen LogP contribution in [0.5, 0.6) is 0 Å². The smallest absolute Gasteiger partial charge is 0.239 e. The molecule has 122 valence electrons. The van der Waals surface area contributed by atoms with E-state index in [1.54, 1.807) is 24.3 Å². The molecule has 1 aromatic carbocycles. The molecule has 8 nitrogen and oxygen atoms in total. The lowest BCUT2D eigenvalue weighted by atomic mass is 10.2. The number of amides is 2. The monoisotopic (exact) mass is 337 g/mol. The summed E-state index contributed by atoms with van der Waals surface area (Å²) in [4.78, 5) is 26.6. The molecular weight excluding hydrogens is 322 g/mol. The van der Waals surface area contributed by atoms with E-state index in [1.807, 2.05) is 0 Å². The summed E-state index contributed by atoms with van der Waals surface area (Å²) in [6, 6.07) is 7.06. The van der Waals surface area contributed by atoms with Gasteiger partial charge in [-0.25, -0.2) is 0 Å². The number of carbonyl (C=O) groups is 2. The Balaban J connectivity index is 1.78. The molecule has 2 rings (SSSR count). The zero-order chi connectivity index (χ0) is 16.7. The van der Waals surface area contributed by atoms with E-state index in [2.05, 4.69) is 20.8 Å². The van der Waals surface area contributed by atoms with E-state index < -0.39 is 0 Å². The van der Waals surface area contributed by atoms with Gasteiger partial charge in [-0.05, 0) is 24.3 Å². The van der Waals surface area contributed by atoms with Crippen molar-refractivity contribution in [2.24, 2.45) is 5.73 Å². The van der Waals surface area contributed by atoms with Crippen molar-refractivity contribution in [3.63, 3.8) is 0 Å². The Morgan fingerprint density at radius 2 is 1.91 bits per heavy atom. The SMILES string of the molecule is NCC(=O)NCC(=O)NCCc1nc(-c2ccc(Cl)cc2)no1. The first-order valence-electron chi connectivity index (χ1n) is 6.90. The molecule has 0 radical (unpaired) electrons. The fourth-order valence-corrected chi connectivity index (χ4v) is 1.82. The maximum atomic E-state index is 11.5. The van der Waals surface area contributed by atoms with Gasteiger partial charge in [0.05, 0.1) is 13.1 Å². The molecular formula is C14H16ClN5O3. The Morgan fingerprint density at radius 3 is 2.61 bits per heavy atom. The highest BCUT2D eigenvalue weighted by atomic mass is 35.5. The molecule has 0 saturated carbocycles. The Labute approximate surface area is 137 Å². The molecule has 0 saturated heterocycles. The topological polar surface area (TPSA) is 123 Å². The van der Waals surface area contributed by atoms with Crippen LogP contribution in [-0.4, -0.2) is 41.6 Å². The van der Waals surface area contributed by atoms with Crippen molar-refractivity contribution in [3.8, 4) is 11.4 Å². The molecule has 0 fully saturated rings. The molecule has 2 amide bonds. The molecule has 0 unspecified atom stereocenters. The third-order valence-electron chi connectivity index (χ3n) is 2.86. The van der Waals surface area contributed by atoms with E-state index in [-0.39, 0.29) is 24.9 Å². The van der Waals surface area contributed by atoms with Gasteiger partial charge in [0.2, 0.25) is 23.5 Å². The number of nitrogens with zero attached hydrogens (tertiary/aromatic N) is 2. The first kappa shape index (κ1) is 16.9. The number of rotatable bonds is 7. The van der Waals surface area contributed by atoms with Crippen LogP contribution in [0.3, 0.4) is 0 Å². The number of hydrogen-bond acceptors (Lipinski definition) is 6. The van der Waals surface area contributed by atoms with Crippen LogP contribution in [0.15, 0.2) is 28.8 Å². The van der Waals surface area contributed by atoms with Gasteiger partial charge in [0.15, 0.2) is 0 Å². The van der Waals surface area contributed by atoms with Gasteiger partial charge in [0.1, 0.15) is 0 Å². The van der Waals surface area contributed by atoms with Crippen LogP contribution < -0.4 is 16.4 Å². The van der Waals surface area contributed by atoms with Crippen molar-refractivity contribution in [3.05, 3.63) is 35.2 Å². The van der Waals surface area contributed by atoms with Crippen molar-refractivity contribution in [1.29, 1.82) is 0 Å². The van der Waals surface area contributed by atoms with Crippen LogP contribution in [0, 0.1) is 0 Å². The number of nitrogens with two attached hydrogens (primary N) is 1. The molecule has 9 heteroatoms. The first-order valence-corrected chi connectivity index (χ1v) is 7.28. The average Bonchev–Trinajstić information content (AvgIpc) is 3.02. The molecule has 1 heterocycles. The third kappa shape index (κ3) is 5.35. The lowest BCUT2D eigenvalue weighted by Gasteiger charge is -2.04. The summed E-state index contributed by atoms with van der Waals surface area (Å²) < 4.78 is 5.12. The van der Waals surface area contributed by atoms with E-state index in [0.717, 1.165) is 5.56 Å². The van der Waals surface area contributed by atoms with Crippen LogP contribution in [0.25, 0.3) is 11.4 Å². The maximum absolute atomic E-state index is 11.5. The second-order valence-electron chi connectivity index (χ2n) is 4.60. The summed E-state index contributed by atoms with van der Waals surface area (Å²) in [6.45, 7) is 0.0538. The van der Waals surface area contributed by atoms with E-state index in [0.29, 0.717) is 29.7 Å². The molecule has 0 atom stereocenters. The van der Waals surface area contributed by atoms with E-state index in [9.17, 15) is 9.59 Å². The van der Waals surface area contributed by atoms with E-state index in [4.69, 9.17) is 21.9 Å². The Kier molecular flexibility index (Phi) is 6.07. The Hall–Kier alpha value is -2.45. The summed E-state index contributed by atoms with van der Waals surface area (Å²) in [5.41, 5.74) is 5.90. The second-order valence-corrected chi connectivity index (χ2v) is 5.04. The number of hydrogen-bond donors (Lipinski definition) is 3. The number of nitrogens with one attached hydrogen (secondary N) is 2. The fraction of sp³-hybridized carbons (Fsp3) is 0.286. The van der Waals surface area contributed by atoms with Crippen molar-refractivity contribution < 1.29 is 14.1 Å². The average molecular weight is 338 g/mol. The zero-order valence-corrected chi connectivity index (χ0v) is 13.0. The Bertz CT molecular complexity index is 671. The van der Waals surface area contributed by atoms with Crippen LogP contribution in [0.4, 0.5) is 0 Å². The van der Waals surface area contributed by atoms with Crippen molar-refractivity contribution in [2.45, 2.75) is 6.42 Å². The normalized spacial score (nSPS) is 10.3. The largest absolute Gasteiger partial charge is 0.354 e. The number of aromatic nitrogens is 2. The molecule has 2 aromatic rings. The number of carbonyl (C=O) groups excluding carboxylic acids is 2. The van der Waals surface area contributed by atoms with Gasteiger partial charge in [-0.1, -0.05) is 16.8 Å². The van der Waals surface area contributed by atoms with Crippen molar-refractivity contribution in [1.82, 2.24) is 20.8 Å². The summed E-state index contributed by atoms with van der Waals surface area (Å²) in [6.07, 6.45) is 0.386. The number of benzene rings is 1. The first-order chi connectivity index (χ1) is 11.1. The molecule has 0 aliphatic carbocycles. The second kappa shape index (κ2) is 8.25. The minimum atomic E-state index is -0.385. The molecule has 4 N–H and O–H groups in total. The fourth-order valence-electron chi connectivity index (χ4n) is 1.70. The minimum absolute atomic E-state index is 0.115. The van der Waals surface area contributed by atoms with Gasteiger partial charge in [0.25, 0.3) is 0 Å². The summed E-state index contributed by atoms with van der Waals surface area (Å²) >= 11 is 5.82. The van der Waals surface area contributed by atoms with Gasteiger partial charge in [0, 0.05) is 23.6 Å². The molecule has 0 aliphatic heterocycles. The summed E-state index contributed by atoms with van der Waals surface area (Å²) in [7, 11) is 0. The van der Waals surface area contributed by atoms with Gasteiger partial charge in [-0.3, -0.25) is 9.59 Å². The van der Waals surface area contributed by atoms with Crippen LogP contribution in [0.1, 0.15) is 5.89 Å². The quantitative estimate of drug-likeness (QED) is 0.659. The third-order valence-corrected chi connectivity index (χ3v) is 3.12. The van der Waals surface area contributed by atoms with Crippen LogP contribution >= 0.6 is 11.6 Å². The highest BCUT2D eigenvalue weighted by Crippen LogP contribution is 2.18. The van der Waals surface area contributed by atoms with Gasteiger partial charge in [-0.15, -0.1) is 0 Å². The standard InChI is InChI=1S/C14H16ClN5O3/c15-10-3-1-9(2-4-10)14-19-13(23-20-14)5-6-17-12(22)8-18-11(21)7-16/h1-4H,5-8,16H2,(H,17,22)(H,18,21). The highest BCUT2D eigenvalue weighted by molar-refractivity contribution is 6.30. The molecule has 0 spiro atoms. The van der Waals surface area contributed by atoms with Crippen LogP contribution in [0.2, 0.25) is 5.02 Å². The van der Waals surface area contributed by atoms with E-state index in [1.165, 1.54) is 0 Å². The number of halogens is 1. The Morgan fingerprint density at radius 1 is 1.17 bits per heavy atom. The lowest BCUT2D eigenvalue weighted by Crippen LogP contribution is -2.40. The summed E-state index contributed by atoms with van der Waals surface area (Å²) in [5.74, 6) is 0.161. The van der Waals surface area contributed by atoms with Gasteiger partial charge in [-0.2, -0.15) is 4.98 Å². The van der Waals surface area contributed by atoms with Crippen molar-refractivity contribution >= 4 is 23.4 Å². The van der Waals surface area contributed by atoms with Crippen LogP contribution in [-0.2, 0) is 16.0 Å². The summed E-state index contributed by atoms with van der Waals surface area (Å²) in [5, 5.41) is 9.50. The predicted octanol–water partition coefficient (Wildman–Crippen LogP) is 0.124. The maximum Gasteiger partial charge on any atom is 0.239 e. The minimum Gasteiger partial charge on any atom is -0.354 e. The lowest BCUT2D eigenvalue weighted by molar-refractivity contribution is -0.125. The molecule has 23 heavy (non-hydrogen) atoms. The van der Waals surface area contributed by atoms with Crippen molar-refractivity contribution in [2.75, 3.05) is 19.6 Å².